The standard InChI is InChI=1S/C24H34N4O2.HI/c1-25-24(26-15-6-18-30-23-11-9-22(29-2)10-12-23)27-21-13-16-28(17-14-21)19-20-7-4-3-5-8-20;/h3-5,7-12,21H,6,13-19H2,1-2H3,(H2,25,26,27);1H. The van der Waals surface area contributed by atoms with Crippen LogP contribution in [0.3, 0.4) is 0 Å². The van der Waals surface area contributed by atoms with Gasteiger partial charge in [0.2, 0.25) is 0 Å². The molecule has 1 aliphatic rings. The van der Waals surface area contributed by atoms with Crippen molar-refractivity contribution in [3.05, 3.63) is 60.2 Å². The van der Waals surface area contributed by atoms with E-state index in [2.05, 4.69) is 50.9 Å². The zero-order valence-corrected chi connectivity index (χ0v) is 20.9. The first-order valence-corrected chi connectivity index (χ1v) is 10.8. The van der Waals surface area contributed by atoms with E-state index in [-0.39, 0.29) is 24.0 Å². The number of nitrogens with zero attached hydrogens (tertiary/aromatic N) is 2. The topological polar surface area (TPSA) is 58.1 Å². The molecule has 0 aliphatic carbocycles. The lowest BCUT2D eigenvalue weighted by molar-refractivity contribution is 0.198. The first-order valence-electron chi connectivity index (χ1n) is 10.8. The van der Waals surface area contributed by atoms with Crippen LogP contribution in [-0.2, 0) is 6.54 Å². The third-order valence-electron chi connectivity index (χ3n) is 5.34. The molecule has 2 N–H and O–H groups in total. The molecule has 2 aromatic rings. The van der Waals surface area contributed by atoms with Crippen molar-refractivity contribution in [3.8, 4) is 11.5 Å². The molecule has 6 nitrogen and oxygen atoms in total. The number of ether oxygens (including phenoxy) is 2. The monoisotopic (exact) mass is 538 g/mol. The van der Waals surface area contributed by atoms with E-state index in [1.807, 2.05) is 31.3 Å². The normalized spacial score (nSPS) is 15.1. The quantitative estimate of drug-likeness (QED) is 0.220. The third kappa shape index (κ3) is 8.95. The molecule has 170 valence electrons. The number of aliphatic imine (C=N–C) groups is 1. The van der Waals surface area contributed by atoms with E-state index >= 15 is 0 Å². The predicted molar refractivity (Wildman–Crippen MR) is 138 cm³/mol. The van der Waals surface area contributed by atoms with E-state index in [9.17, 15) is 0 Å². The molecule has 0 radical (unpaired) electrons. The van der Waals surface area contributed by atoms with E-state index in [0.717, 1.165) is 62.9 Å². The molecule has 0 atom stereocenters. The van der Waals surface area contributed by atoms with E-state index in [1.54, 1.807) is 7.11 Å². The van der Waals surface area contributed by atoms with Crippen molar-refractivity contribution in [2.24, 2.45) is 4.99 Å². The van der Waals surface area contributed by atoms with Gasteiger partial charge >= 0.3 is 0 Å². The molecule has 0 spiro atoms. The Morgan fingerprint density at radius 2 is 1.71 bits per heavy atom. The number of halogens is 1. The van der Waals surface area contributed by atoms with Crippen LogP contribution in [0.2, 0.25) is 0 Å². The first kappa shape index (κ1) is 25.3. The molecule has 0 unspecified atom stereocenters. The number of methoxy groups -OCH3 is 1. The first-order chi connectivity index (χ1) is 14.8. The fourth-order valence-electron chi connectivity index (χ4n) is 3.61. The molecule has 0 amide bonds. The van der Waals surface area contributed by atoms with Crippen LogP contribution in [0.4, 0.5) is 0 Å². The van der Waals surface area contributed by atoms with Crippen molar-refractivity contribution in [2.75, 3.05) is 40.4 Å². The molecule has 1 heterocycles. The second-order valence-corrected chi connectivity index (χ2v) is 7.56. The van der Waals surface area contributed by atoms with E-state index in [4.69, 9.17) is 9.47 Å². The lowest BCUT2D eigenvalue weighted by Crippen LogP contribution is -2.48. The molecule has 0 saturated carbocycles. The summed E-state index contributed by atoms with van der Waals surface area (Å²) in [4.78, 5) is 6.90. The summed E-state index contributed by atoms with van der Waals surface area (Å²) in [6, 6.07) is 18.8. The van der Waals surface area contributed by atoms with Crippen LogP contribution >= 0.6 is 24.0 Å². The summed E-state index contributed by atoms with van der Waals surface area (Å²) in [5.74, 6) is 2.58. The van der Waals surface area contributed by atoms with Crippen LogP contribution in [0.5, 0.6) is 11.5 Å². The summed E-state index contributed by atoms with van der Waals surface area (Å²) in [6.45, 7) is 4.74. The maximum Gasteiger partial charge on any atom is 0.191 e. The highest BCUT2D eigenvalue weighted by atomic mass is 127. The van der Waals surface area contributed by atoms with Crippen LogP contribution in [0, 0.1) is 0 Å². The molecule has 1 fully saturated rings. The van der Waals surface area contributed by atoms with Gasteiger partial charge in [0.1, 0.15) is 11.5 Å². The van der Waals surface area contributed by atoms with Gasteiger partial charge in [-0.25, -0.2) is 0 Å². The Labute approximate surface area is 203 Å². The van der Waals surface area contributed by atoms with Crippen molar-refractivity contribution in [3.63, 3.8) is 0 Å². The summed E-state index contributed by atoms with van der Waals surface area (Å²) in [5, 5.41) is 6.97. The van der Waals surface area contributed by atoms with Crippen LogP contribution in [-0.4, -0.2) is 57.3 Å². The number of hydrogen-bond acceptors (Lipinski definition) is 4. The van der Waals surface area contributed by atoms with Crippen molar-refractivity contribution in [2.45, 2.75) is 31.8 Å². The SMILES string of the molecule is CN=C(NCCCOc1ccc(OC)cc1)NC1CCN(Cc2ccccc2)CC1.I. The lowest BCUT2D eigenvalue weighted by atomic mass is 10.0. The summed E-state index contributed by atoms with van der Waals surface area (Å²) < 4.78 is 10.9. The summed E-state index contributed by atoms with van der Waals surface area (Å²) >= 11 is 0. The maximum atomic E-state index is 5.77. The Kier molecular flexibility index (Phi) is 11.5. The second kappa shape index (κ2) is 14.1. The Hall–Kier alpha value is -2.00. The van der Waals surface area contributed by atoms with Crippen molar-refractivity contribution in [1.82, 2.24) is 15.5 Å². The second-order valence-electron chi connectivity index (χ2n) is 7.56. The van der Waals surface area contributed by atoms with Gasteiger partial charge in [-0.2, -0.15) is 0 Å². The molecule has 0 aromatic heterocycles. The van der Waals surface area contributed by atoms with Gasteiger partial charge in [0, 0.05) is 39.3 Å². The zero-order valence-electron chi connectivity index (χ0n) is 18.5. The van der Waals surface area contributed by atoms with E-state index in [0.29, 0.717) is 12.6 Å². The molecule has 1 aliphatic heterocycles. The molecule has 1 saturated heterocycles. The minimum atomic E-state index is 0. The van der Waals surface area contributed by atoms with Gasteiger partial charge in [-0.1, -0.05) is 30.3 Å². The van der Waals surface area contributed by atoms with Gasteiger partial charge in [-0.05, 0) is 49.1 Å². The smallest absolute Gasteiger partial charge is 0.191 e. The maximum absolute atomic E-state index is 5.77. The largest absolute Gasteiger partial charge is 0.497 e. The minimum absolute atomic E-state index is 0. The molecule has 0 bridgehead atoms. The molecular weight excluding hydrogens is 503 g/mol. The molecule has 7 heteroatoms. The van der Waals surface area contributed by atoms with Crippen LogP contribution in [0.15, 0.2) is 59.6 Å². The highest BCUT2D eigenvalue weighted by Gasteiger charge is 2.19. The van der Waals surface area contributed by atoms with Gasteiger partial charge in [-0.15, -0.1) is 24.0 Å². The fraction of sp³-hybridized carbons (Fsp3) is 0.458. The Morgan fingerprint density at radius 3 is 2.35 bits per heavy atom. The Bertz CT molecular complexity index is 763. The fourth-order valence-corrected chi connectivity index (χ4v) is 3.61. The summed E-state index contributed by atoms with van der Waals surface area (Å²) in [6.07, 6.45) is 3.17. The number of likely N-dealkylation sites (tertiary alicyclic amines) is 1. The lowest BCUT2D eigenvalue weighted by Gasteiger charge is -2.33. The van der Waals surface area contributed by atoms with Gasteiger partial charge in [0.15, 0.2) is 5.96 Å². The molecule has 3 rings (SSSR count). The highest BCUT2D eigenvalue weighted by molar-refractivity contribution is 14.0. The average Bonchev–Trinajstić information content (AvgIpc) is 2.80. The zero-order chi connectivity index (χ0) is 21.0. The third-order valence-corrected chi connectivity index (χ3v) is 5.34. The number of benzene rings is 2. The predicted octanol–water partition coefficient (Wildman–Crippen LogP) is 3.91. The van der Waals surface area contributed by atoms with Crippen molar-refractivity contribution >= 4 is 29.9 Å². The number of piperidine rings is 1. The van der Waals surface area contributed by atoms with Gasteiger partial charge in [0.05, 0.1) is 13.7 Å². The van der Waals surface area contributed by atoms with Crippen molar-refractivity contribution in [1.29, 1.82) is 0 Å². The highest BCUT2D eigenvalue weighted by Crippen LogP contribution is 2.17. The Morgan fingerprint density at radius 1 is 1.03 bits per heavy atom. The summed E-state index contributed by atoms with van der Waals surface area (Å²) in [7, 11) is 3.49. The van der Waals surface area contributed by atoms with E-state index in [1.165, 1.54) is 5.56 Å². The molecular formula is C24H35IN4O2. The van der Waals surface area contributed by atoms with Crippen LogP contribution in [0.25, 0.3) is 0 Å². The number of guanidine groups is 1. The van der Waals surface area contributed by atoms with Gasteiger partial charge in [-0.3, -0.25) is 9.89 Å². The number of rotatable bonds is 9. The van der Waals surface area contributed by atoms with Crippen LogP contribution in [0.1, 0.15) is 24.8 Å². The van der Waals surface area contributed by atoms with Crippen molar-refractivity contribution < 1.29 is 9.47 Å². The number of hydrogen-bond donors (Lipinski definition) is 2. The molecule has 31 heavy (non-hydrogen) atoms. The summed E-state index contributed by atoms with van der Waals surface area (Å²) in [5.41, 5.74) is 1.39. The number of nitrogens with one attached hydrogen (secondary N) is 2. The van der Waals surface area contributed by atoms with Crippen LogP contribution < -0.4 is 20.1 Å². The minimum Gasteiger partial charge on any atom is -0.497 e. The molecule has 2 aromatic carbocycles. The van der Waals surface area contributed by atoms with Gasteiger partial charge in [0.25, 0.3) is 0 Å². The van der Waals surface area contributed by atoms with E-state index < -0.39 is 0 Å². The Balaban J connectivity index is 0.00000341. The van der Waals surface area contributed by atoms with Gasteiger partial charge < -0.3 is 20.1 Å². The average molecular weight is 538 g/mol.